The van der Waals surface area contributed by atoms with E-state index in [0.717, 1.165) is 25.8 Å². The molecule has 2 rings (SSSR count). The number of amides is 2. The first-order chi connectivity index (χ1) is 10.1. The predicted molar refractivity (Wildman–Crippen MR) is 79.8 cm³/mol. The highest BCUT2D eigenvalue weighted by atomic mass is 19.1. The standard InChI is InChI=1S/C15H28FN3O2/c1-18-9-12(8-11-2-4-13(16)5-3-11)14-10-19(15(17)20)6-7-21-14/h11-14,18H,2-10H2,1H3,(H2,17,20)/t11?,12-,13?,14?/m0/s1. The second-order valence-electron chi connectivity index (χ2n) is 6.36. The average Bonchev–Trinajstić information content (AvgIpc) is 2.49. The number of primary amides is 1. The molecule has 6 heteroatoms. The van der Waals surface area contributed by atoms with Crippen LogP contribution in [-0.4, -0.2) is 56.5 Å². The van der Waals surface area contributed by atoms with E-state index in [1.165, 1.54) is 0 Å². The highest BCUT2D eigenvalue weighted by Crippen LogP contribution is 2.32. The number of morpholine rings is 1. The second-order valence-corrected chi connectivity index (χ2v) is 6.36. The van der Waals surface area contributed by atoms with Gasteiger partial charge in [-0.25, -0.2) is 9.18 Å². The third-order valence-corrected chi connectivity index (χ3v) is 4.81. The molecule has 2 atom stereocenters. The minimum absolute atomic E-state index is 0.0294. The van der Waals surface area contributed by atoms with Crippen LogP contribution in [-0.2, 0) is 4.74 Å². The van der Waals surface area contributed by atoms with Crippen LogP contribution in [0.5, 0.6) is 0 Å². The van der Waals surface area contributed by atoms with Crippen LogP contribution < -0.4 is 11.1 Å². The van der Waals surface area contributed by atoms with E-state index in [9.17, 15) is 9.18 Å². The van der Waals surface area contributed by atoms with E-state index in [-0.39, 0.29) is 12.1 Å². The second kappa shape index (κ2) is 7.94. The van der Waals surface area contributed by atoms with Gasteiger partial charge in [0.15, 0.2) is 0 Å². The first-order valence-electron chi connectivity index (χ1n) is 8.04. The average molecular weight is 301 g/mol. The molecule has 122 valence electrons. The highest BCUT2D eigenvalue weighted by Gasteiger charge is 2.32. The Balaban J connectivity index is 1.89. The molecule has 2 fully saturated rings. The van der Waals surface area contributed by atoms with Crippen molar-refractivity contribution in [3.8, 4) is 0 Å². The van der Waals surface area contributed by atoms with E-state index in [1.807, 2.05) is 7.05 Å². The molecule has 1 aliphatic carbocycles. The molecule has 2 aliphatic rings. The largest absolute Gasteiger partial charge is 0.374 e. The zero-order chi connectivity index (χ0) is 15.2. The summed E-state index contributed by atoms with van der Waals surface area (Å²) in [7, 11) is 1.93. The number of carbonyl (C=O) groups excluding carboxylic acids is 1. The van der Waals surface area contributed by atoms with E-state index < -0.39 is 6.17 Å². The summed E-state index contributed by atoms with van der Waals surface area (Å²) in [5.41, 5.74) is 5.38. The third-order valence-electron chi connectivity index (χ3n) is 4.81. The summed E-state index contributed by atoms with van der Waals surface area (Å²) in [5, 5.41) is 3.22. The monoisotopic (exact) mass is 301 g/mol. The Bertz CT molecular complexity index is 335. The number of hydrogen-bond donors (Lipinski definition) is 2. The Hall–Kier alpha value is -0.880. The fourth-order valence-corrected chi connectivity index (χ4v) is 3.58. The van der Waals surface area contributed by atoms with E-state index in [4.69, 9.17) is 10.5 Å². The number of nitrogens with one attached hydrogen (secondary N) is 1. The maximum atomic E-state index is 13.2. The topological polar surface area (TPSA) is 67.6 Å². The molecule has 1 unspecified atom stereocenters. The van der Waals surface area contributed by atoms with Crippen molar-refractivity contribution in [2.75, 3.05) is 33.3 Å². The van der Waals surface area contributed by atoms with Gasteiger partial charge in [-0.1, -0.05) is 0 Å². The van der Waals surface area contributed by atoms with Crippen LogP contribution in [0.3, 0.4) is 0 Å². The summed E-state index contributed by atoms with van der Waals surface area (Å²) in [5.74, 6) is 0.918. The Kier molecular flexibility index (Phi) is 6.23. The fourth-order valence-electron chi connectivity index (χ4n) is 3.58. The van der Waals surface area contributed by atoms with Gasteiger partial charge in [0.05, 0.1) is 12.7 Å². The Labute approximate surface area is 126 Å². The van der Waals surface area contributed by atoms with Gasteiger partial charge in [0, 0.05) is 19.6 Å². The smallest absolute Gasteiger partial charge is 0.314 e. The third kappa shape index (κ3) is 4.81. The van der Waals surface area contributed by atoms with Crippen molar-refractivity contribution in [1.29, 1.82) is 0 Å². The first-order valence-corrected chi connectivity index (χ1v) is 8.04. The van der Waals surface area contributed by atoms with Crippen molar-refractivity contribution in [3.63, 3.8) is 0 Å². The lowest BCUT2D eigenvalue weighted by molar-refractivity contribution is -0.0496. The number of halogens is 1. The van der Waals surface area contributed by atoms with Gasteiger partial charge in [0.25, 0.3) is 0 Å². The molecule has 1 saturated heterocycles. The quantitative estimate of drug-likeness (QED) is 0.809. The lowest BCUT2D eigenvalue weighted by Crippen LogP contribution is -2.51. The van der Waals surface area contributed by atoms with E-state index in [1.54, 1.807) is 4.90 Å². The number of alkyl halides is 1. The molecule has 0 aromatic carbocycles. The number of rotatable bonds is 5. The zero-order valence-corrected chi connectivity index (χ0v) is 12.9. The van der Waals surface area contributed by atoms with E-state index >= 15 is 0 Å². The van der Waals surface area contributed by atoms with Crippen LogP contribution in [0.4, 0.5) is 9.18 Å². The van der Waals surface area contributed by atoms with Crippen LogP contribution in [0.1, 0.15) is 32.1 Å². The summed E-state index contributed by atoms with van der Waals surface area (Å²) in [4.78, 5) is 13.0. The molecule has 2 amide bonds. The van der Waals surface area contributed by atoms with E-state index in [2.05, 4.69) is 5.32 Å². The molecular weight excluding hydrogens is 273 g/mol. The fraction of sp³-hybridized carbons (Fsp3) is 0.933. The predicted octanol–water partition coefficient (Wildman–Crippen LogP) is 1.52. The molecule has 1 aliphatic heterocycles. The summed E-state index contributed by atoms with van der Waals surface area (Å²) < 4.78 is 19.1. The Morgan fingerprint density at radius 1 is 1.43 bits per heavy atom. The lowest BCUT2D eigenvalue weighted by atomic mass is 9.80. The molecule has 1 saturated carbocycles. The van der Waals surface area contributed by atoms with Gasteiger partial charge in [-0.05, 0) is 51.0 Å². The van der Waals surface area contributed by atoms with Crippen LogP contribution >= 0.6 is 0 Å². The van der Waals surface area contributed by atoms with Crippen LogP contribution in [0.15, 0.2) is 0 Å². The number of carbonyl (C=O) groups is 1. The van der Waals surface area contributed by atoms with Gasteiger partial charge in [0.2, 0.25) is 0 Å². The summed E-state index contributed by atoms with van der Waals surface area (Å²) in [6.45, 7) is 2.54. The van der Waals surface area contributed by atoms with Gasteiger partial charge in [-0.3, -0.25) is 0 Å². The minimum Gasteiger partial charge on any atom is -0.374 e. The number of urea groups is 1. The number of hydrogen-bond acceptors (Lipinski definition) is 3. The van der Waals surface area contributed by atoms with Crippen molar-refractivity contribution in [2.45, 2.75) is 44.4 Å². The molecule has 0 bridgehead atoms. The molecule has 0 spiro atoms. The van der Waals surface area contributed by atoms with Crippen molar-refractivity contribution in [2.24, 2.45) is 17.6 Å². The van der Waals surface area contributed by atoms with Crippen LogP contribution in [0.25, 0.3) is 0 Å². The van der Waals surface area contributed by atoms with Crippen molar-refractivity contribution in [1.82, 2.24) is 10.2 Å². The molecular formula is C15H28FN3O2. The first kappa shape index (κ1) is 16.5. The van der Waals surface area contributed by atoms with Gasteiger partial charge in [-0.2, -0.15) is 0 Å². The Morgan fingerprint density at radius 3 is 2.76 bits per heavy atom. The summed E-state index contributed by atoms with van der Waals surface area (Å²) in [6.07, 6.45) is 3.76. The maximum absolute atomic E-state index is 13.2. The van der Waals surface area contributed by atoms with Crippen molar-refractivity contribution < 1.29 is 13.9 Å². The number of nitrogens with two attached hydrogens (primary N) is 1. The molecule has 0 aromatic rings. The van der Waals surface area contributed by atoms with Crippen molar-refractivity contribution >= 4 is 6.03 Å². The molecule has 3 N–H and O–H groups in total. The Morgan fingerprint density at radius 2 is 2.14 bits per heavy atom. The normalized spacial score (nSPS) is 31.9. The van der Waals surface area contributed by atoms with Gasteiger partial charge in [0.1, 0.15) is 6.17 Å². The SMILES string of the molecule is CNC[C@H](CC1CCC(F)CC1)C1CN(C(N)=O)CCO1. The van der Waals surface area contributed by atoms with Gasteiger partial charge in [-0.15, -0.1) is 0 Å². The number of ether oxygens (including phenoxy) is 1. The molecule has 0 aromatic heterocycles. The van der Waals surface area contributed by atoms with Crippen LogP contribution in [0.2, 0.25) is 0 Å². The summed E-state index contributed by atoms with van der Waals surface area (Å²) in [6, 6.07) is -0.371. The number of nitrogens with zero attached hydrogens (tertiary/aromatic N) is 1. The molecule has 0 radical (unpaired) electrons. The maximum Gasteiger partial charge on any atom is 0.314 e. The van der Waals surface area contributed by atoms with E-state index in [0.29, 0.717) is 44.4 Å². The highest BCUT2D eigenvalue weighted by molar-refractivity contribution is 5.72. The van der Waals surface area contributed by atoms with Gasteiger partial charge >= 0.3 is 6.03 Å². The molecule has 5 nitrogen and oxygen atoms in total. The van der Waals surface area contributed by atoms with Crippen LogP contribution in [0, 0.1) is 11.8 Å². The lowest BCUT2D eigenvalue weighted by Gasteiger charge is -2.38. The van der Waals surface area contributed by atoms with Crippen molar-refractivity contribution in [3.05, 3.63) is 0 Å². The zero-order valence-electron chi connectivity index (χ0n) is 12.9. The minimum atomic E-state index is -0.611. The molecule has 21 heavy (non-hydrogen) atoms. The van der Waals surface area contributed by atoms with Gasteiger partial charge < -0.3 is 20.7 Å². The molecule has 1 heterocycles. The summed E-state index contributed by atoms with van der Waals surface area (Å²) >= 11 is 0.